The lowest BCUT2D eigenvalue weighted by Gasteiger charge is -2.46. The molecule has 31 heavy (non-hydrogen) atoms. The number of imide groups is 1. The number of nitrogens with one attached hydrogen (secondary N) is 1. The van der Waals surface area contributed by atoms with Crippen molar-refractivity contribution in [2.24, 2.45) is 0 Å². The average molecular weight is 493 g/mol. The van der Waals surface area contributed by atoms with Crippen LogP contribution in [0.2, 0.25) is 22.2 Å². The molecule has 1 unspecified atom stereocenters. The van der Waals surface area contributed by atoms with E-state index >= 15 is 0 Å². The molecule has 0 bridgehead atoms. The zero-order valence-corrected chi connectivity index (χ0v) is 22.6. The van der Waals surface area contributed by atoms with E-state index in [9.17, 15) is 14.0 Å². The number of rotatable bonds is 5. The summed E-state index contributed by atoms with van der Waals surface area (Å²) in [6.07, 6.45) is -1.42. The second-order valence-electron chi connectivity index (χ2n) is 10.0. The van der Waals surface area contributed by atoms with Crippen LogP contribution in [0.3, 0.4) is 0 Å². The number of halogens is 1. The lowest BCUT2D eigenvalue weighted by atomic mass is 10.2. The number of fused-ring (bicyclic) bond motifs is 1. The third-order valence-electron chi connectivity index (χ3n) is 6.68. The van der Waals surface area contributed by atoms with E-state index < -0.39 is 35.2 Å². The number of hydrogen-bond acceptors (Lipinski definition) is 6. The van der Waals surface area contributed by atoms with Crippen LogP contribution in [0.25, 0.3) is 0 Å². The molecule has 7 nitrogen and oxygen atoms in total. The van der Waals surface area contributed by atoms with E-state index in [-0.39, 0.29) is 45.6 Å². The van der Waals surface area contributed by atoms with Crippen molar-refractivity contribution in [1.29, 1.82) is 0 Å². The second-order valence-corrected chi connectivity index (χ2v) is 20.1. The Bertz CT molecular complexity index is 659. The highest BCUT2D eigenvalue weighted by molar-refractivity contribution is 8.00. The largest absolute Gasteiger partial charge is 0.414 e. The van der Waals surface area contributed by atoms with Gasteiger partial charge >= 0.3 is 23.2 Å². The van der Waals surface area contributed by atoms with Crippen LogP contribution in [0, 0.1) is 0 Å². The third kappa shape index (κ3) is 4.38. The van der Waals surface area contributed by atoms with Gasteiger partial charge in [0.2, 0.25) is 0 Å². The van der Waals surface area contributed by atoms with Crippen molar-refractivity contribution in [2.45, 2.75) is 107 Å². The average Bonchev–Trinajstić information content (AvgIpc) is 2.96. The number of thioether (sulfide) groups is 1. The van der Waals surface area contributed by atoms with Crippen molar-refractivity contribution in [2.75, 3.05) is 6.54 Å². The molecule has 0 aromatic carbocycles. The normalized spacial score (nSPS) is 33.3. The maximum atomic E-state index is 14.1. The minimum absolute atomic E-state index is 0.227. The van der Waals surface area contributed by atoms with Gasteiger partial charge in [-0.3, -0.25) is 10.1 Å². The number of amides is 3. The summed E-state index contributed by atoms with van der Waals surface area (Å²) in [6.45, 7) is 17.1. The Kier molecular flexibility index (Phi) is 7.35. The maximum absolute atomic E-state index is 14.1. The van der Waals surface area contributed by atoms with Crippen molar-refractivity contribution < 1.29 is 26.9 Å². The number of carbonyl (C=O) groups excluding carboxylic acids is 2. The number of nitrogens with zero attached hydrogens (tertiary/aromatic N) is 1. The molecule has 0 aromatic rings. The van der Waals surface area contributed by atoms with Gasteiger partial charge < -0.3 is 17.9 Å². The zero-order valence-electron chi connectivity index (χ0n) is 19.8. The van der Waals surface area contributed by atoms with Crippen LogP contribution in [-0.2, 0) is 17.8 Å². The molecule has 3 rings (SSSR count). The SMILES string of the molecule is CC(C)[Si]1(C(C)C)O[C@H]2C[C@H](N3CC(F)C(=O)NC3=O)S[C@@H]2O[Si](C(C)C)(C(C)C)O1. The highest BCUT2D eigenvalue weighted by atomic mass is 32.2. The predicted molar refractivity (Wildman–Crippen MR) is 124 cm³/mol. The number of urea groups is 1. The molecule has 0 saturated carbocycles. The topological polar surface area (TPSA) is 77.1 Å². The van der Waals surface area contributed by atoms with E-state index in [1.807, 2.05) is 0 Å². The molecule has 3 aliphatic heterocycles. The number of alkyl halides is 1. The Morgan fingerprint density at radius 1 is 0.968 bits per heavy atom. The molecule has 11 heteroatoms. The summed E-state index contributed by atoms with van der Waals surface area (Å²) in [6, 6.07) is -0.545. The van der Waals surface area contributed by atoms with E-state index in [0.29, 0.717) is 6.42 Å². The van der Waals surface area contributed by atoms with Crippen molar-refractivity contribution in [3.05, 3.63) is 0 Å². The summed E-state index contributed by atoms with van der Waals surface area (Å²) in [5.74, 6) is -0.864. The fourth-order valence-corrected chi connectivity index (χ4v) is 18.1. The molecule has 178 valence electrons. The van der Waals surface area contributed by atoms with Crippen LogP contribution in [0.5, 0.6) is 0 Å². The summed E-state index contributed by atoms with van der Waals surface area (Å²) in [4.78, 5) is 25.4. The molecule has 3 amide bonds. The molecule has 4 atom stereocenters. The van der Waals surface area contributed by atoms with Crippen molar-refractivity contribution in [3.8, 4) is 0 Å². The molecule has 0 radical (unpaired) electrons. The molecule has 0 aromatic heterocycles. The molecular weight excluding hydrogens is 455 g/mol. The van der Waals surface area contributed by atoms with Gasteiger partial charge in [0.1, 0.15) is 5.44 Å². The Morgan fingerprint density at radius 3 is 2.00 bits per heavy atom. The summed E-state index contributed by atoms with van der Waals surface area (Å²) in [5, 5.41) is 1.82. The predicted octanol–water partition coefficient (Wildman–Crippen LogP) is 4.62. The summed E-state index contributed by atoms with van der Waals surface area (Å²) in [7, 11) is -5.37. The summed E-state index contributed by atoms with van der Waals surface area (Å²) >= 11 is 1.50. The van der Waals surface area contributed by atoms with Crippen LogP contribution in [0.1, 0.15) is 61.8 Å². The third-order valence-corrected chi connectivity index (χ3v) is 18.6. The van der Waals surface area contributed by atoms with Gasteiger partial charge in [-0.05, 0) is 22.2 Å². The van der Waals surface area contributed by atoms with Gasteiger partial charge in [-0.1, -0.05) is 55.4 Å². The monoisotopic (exact) mass is 492 g/mol. The van der Waals surface area contributed by atoms with Crippen LogP contribution >= 0.6 is 11.8 Å². The molecule has 0 spiro atoms. The van der Waals surface area contributed by atoms with Crippen LogP contribution in [-0.4, -0.2) is 63.6 Å². The van der Waals surface area contributed by atoms with Crippen molar-refractivity contribution in [3.63, 3.8) is 0 Å². The first-order valence-corrected chi connectivity index (χ1v) is 16.2. The fraction of sp³-hybridized carbons (Fsp3) is 0.900. The van der Waals surface area contributed by atoms with E-state index in [0.717, 1.165) is 0 Å². The van der Waals surface area contributed by atoms with E-state index in [2.05, 4.69) is 60.7 Å². The summed E-state index contributed by atoms with van der Waals surface area (Å²) in [5.41, 5.74) is 0.635. The number of carbonyl (C=O) groups is 2. The minimum Gasteiger partial charge on any atom is -0.414 e. The lowest BCUT2D eigenvalue weighted by molar-refractivity contribution is -0.127. The smallest absolute Gasteiger partial charge is 0.335 e. The molecule has 1 N–H and O–H groups in total. The fourth-order valence-electron chi connectivity index (χ4n) is 4.92. The molecule has 0 aliphatic carbocycles. The van der Waals surface area contributed by atoms with Crippen LogP contribution in [0.4, 0.5) is 9.18 Å². The highest BCUT2D eigenvalue weighted by Crippen LogP contribution is 2.52. The van der Waals surface area contributed by atoms with Crippen molar-refractivity contribution in [1.82, 2.24) is 10.2 Å². The van der Waals surface area contributed by atoms with Gasteiger partial charge in [0, 0.05) is 6.42 Å². The van der Waals surface area contributed by atoms with Gasteiger partial charge in [0.15, 0.2) is 6.17 Å². The Hall–Kier alpha value is -0.466. The van der Waals surface area contributed by atoms with E-state index in [1.165, 1.54) is 16.7 Å². The van der Waals surface area contributed by atoms with Gasteiger partial charge in [-0.25, -0.2) is 9.18 Å². The zero-order chi connectivity index (χ0) is 23.3. The standard InChI is InChI=1S/C20H37FN2O5SSi2/c1-11(2)30(12(3)4)26-16-9-17(23-10-15(21)18(24)22-20(23)25)29-19(16)27-31(28-30,13(5)6)14(7)8/h11-17,19H,9-10H2,1-8H3,(H,22,24,25)/t15?,16-,17+,19-/m0/s1. The molecule has 3 aliphatic rings. The van der Waals surface area contributed by atoms with Gasteiger partial charge in [-0.15, -0.1) is 11.8 Å². The number of hydrogen-bond donors (Lipinski definition) is 1. The second kappa shape index (κ2) is 9.05. The van der Waals surface area contributed by atoms with Gasteiger partial charge in [0.05, 0.1) is 18.0 Å². The molecular formula is C20H37FN2O5SSi2. The highest BCUT2D eigenvalue weighted by Gasteiger charge is 2.62. The minimum atomic E-state index is -2.69. The molecule has 3 heterocycles. The van der Waals surface area contributed by atoms with E-state index in [4.69, 9.17) is 13.0 Å². The lowest BCUT2D eigenvalue weighted by Crippen LogP contribution is -2.60. The molecule has 3 saturated heterocycles. The van der Waals surface area contributed by atoms with Crippen LogP contribution < -0.4 is 5.32 Å². The Morgan fingerprint density at radius 2 is 1.48 bits per heavy atom. The Labute approximate surface area is 191 Å². The maximum Gasteiger partial charge on any atom is 0.335 e. The Balaban J connectivity index is 1.97. The van der Waals surface area contributed by atoms with Crippen LogP contribution in [0.15, 0.2) is 0 Å². The van der Waals surface area contributed by atoms with Gasteiger partial charge in [0.25, 0.3) is 5.91 Å². The molecule has 3 fully saturated rings. The van der Waals surface area contributed by atoms with Crippen molar-refractivity contribution >= 4 is 40.8 Å². The first kappa shape index (κ1) is 25.2. The summed E-state index contributed by atoms with van der Waals surface area (Å²) < 4.78 is 35.0. The first-order valence-electron chi connectivity index (χ1n) is 11.3. The van der Waals surface area contributed by atoms with E-state index in [1.54, 1.807) is 0 Å². The quantitative estimate of drug-likeness (QED) is 0.564. The van der Waals surface area contributed by atoms with Gasteiger partial charge in [-0.2, -0.15) is 0 Å². The first-order chi connectivity index (χ1) is 14.3.